The van der Waals surface area contributed by atoms with Crippen LogP contribution in [-0.2, 0) is 69.1 Å². The zero-order valence-electron chi connectivity index (χ0n) is 28.7. The zero-order valence-corrected chi connectivity index (χ0v) is 33.6. The van der Waals surface area contributed by atoms with Crippen molar-refractivity contribution in [1.29, 1.82) is 0 Å². The number of hydrogen-bond acceptors (Lipinski definition) is 21. The van der Waals surface area contributed by atoms with E-state index >= 15 is 0 Å². The maximum absolute atomic E-state index is 12.8. The van der Waals surface area contributed by atoms with Crippen LogP contribution in [-0.4, -0.2) is 106 Å². The van der Waals surface area contributed by atoms with Gasteiger partial charge in [0.15, 0.2) is 25.4 Å². The van der Waals surface area contributed by atoms with Crippen LogP contribution in [0.4, 0.5) is 28.4 Å². The number of sulfone groups is 2. The summed E-state index contributed by atoms with van der Waals surface area (Å²) in [6.07, 6.45) is 0. The summed E-state index contributed by atoms with van der Waals surface area (Å²) < 4.78 is 194. The Morgan fingerprint density at radius 2 is 1.07 bits per heavy atom. The molecule has 0 aliphatic rings. The van der Waals surface area contributed by atoms with E-state index in [4.69, 9.17) is 19.6 Å². The molecule has 31 heteroatoms. The molecule has 58 heavy (non-hydrogen) atoms. The van der Waals surface area contributed by atoms with E-state index in [0.717, 1.165) is 49.6 Å². The molecule has 0 aromatic heterocycles. The van der Waals surface area contributed by atoms with Gasteiger partial charge in [-0.1, -0.05) is 0 Å². The minimum atomic E-state index is -5.37. The molecular weight excluding hydrogens is 907 g/mol. The Morgan fingerprint density at radius 1 is 0.603 bits per heavy atom. The van der Waals surface area contributed by atoms with Gasteiger partial charge in [0.05, 0.1) is 58.4 Å². The largest absolute Gasteiger partial charge is 0.505 e. The molecule has 7 N–H and O–H groups in total. The van der Waals surface area contributed by atoms with E-state index in [9.17, 15) is 64.7 Å². The van der Waals surface area contributed by atoms with E-state index in [2.05, 4.69) is 28.8 Å². The van der Waals surface area contributed by atoms with Crippen LogP contribution in [0.2, 0.25) is 0 Å². The number of rotatable bonds is 17. The van der Waals surface area contributed by atoms with E-state index < -0.39 is 139 Å². The lowest BCUT2D eigenvalue weighted by atomic mass is 10.1. The molecule has 0 saturated heterocycles. The highest BCUT2D eigenvalue weighted by Crippen LogP contribution is 2.48. The Hall–Kier alpha value is -4.80. The number of methoxy groups -OCH3 is 1. The van der Waals surface area contributed by atoms with Crippen molar-refractivity contribution in [1.82, 2.24) is 0 Å². The Kier molecular flexibility index (Phi) is 13.3. The van der Waals surface area contributed by atoms with Crippen LogP contribution < -0.4 is 10.5 Å². The highest BCUT2D eigenvalue weighted by Gasteiger charge is 2.28. The van der Waals surface area contributed by atoms with Crippen LogP contribution in [0.5, 0.6) is 11.5 Å². The van der Waals surface area contributed by atoms with Gasteiger partial charge in [-0.25, -0.2) is 25.2 Å². The molecule has 4 rings (SSSR count). The second-order valence-corrected chi connectivity index (χ2v) is 20.3. The van der Waals surface area contributed by atoms with Gasteiger partial charge in [-0.3, -0.25) is 18.2 Å². The first-order valence-electron chi connectivity index (χ1n) is 14.9. The standard InChI is InChI=1S/C27H27N5O20S6/c1-50-20-7-6-18(54(36,37)11-9-52-58(47,48)49)14-19(20)30-32-26-22(56(41,42)43)13-15-12-21(55(38,39)40)25(24(28)23(15)27(26)33)31-29-16-2-4-17(5-3-16)53(34,35)10-8-51-57(44,45)46/h2-7,12-14,33H,8-11,28H2,1H3,(H,38,39,40)(H,41,42,43)(H,44,45,46)(H,47,48,49). The molecule has 0 atom stereocenters. The van der Waals surface area contributed by atoms with E-state index in [0.29, 0.717) is 12.1 Å². The lowest BCUT2D eigenvalue weighted by Gasteiger charge is -2.14. The minimum absolute atomic E-state index is 0.168. The average Bonchev–Trinajstić information content (AvgIpc) is 3.08. The predicted octanol–water partition coefficient (Wildman–Crippen LogP) is 2.65. The molecular formula is C27H27N5O20S6. The third kappa shape index (κ3) is 11.4. The minimum Gasteiger partial charge on any atom is -0.505 e. The van der Waals surface area contributed by atoms with Crippen molar-refractivity contribution in [2.24, 2.45) is 20.5 Å². The molecule has 4 aromatic rings. The molecule has 0 bridgehead atoms. The van der Waals surface area contributed by atoms with Gasteiger partial charge < -0.3 is 15.6 Å². The number of nitrogens with zero attached hydrogens (tertiary/aromatic N) is 4. The fraction of sp³-hybridized carbons (Fsp3) is 0.185. The van der Waals surface area contributed by atoms with Crippen molar-refractivity contribution in [2.75, 3.05) is 37.6 Å². The highest BCUT2D eigenvalue weighted by molar-refractivity contribution is 7.91. The van der Waals surface area contributed by atoms with E-state index in [1.165, 1.54) is 0 Å². The Morgan fingerprint density at radius 3 is 1.55 bits per heavy atom. The van der Waals surface area contributed by atoms with E-state index in [1.54, 1.807) is 0 Å². The molecule has 0 radical (unpaired) electrons. The number of azo groups is 2. The number of benzene rings is 4. The van der Waals surface area contributed by atoms with Gasteiger partial charge >= 0.3 is 20.8 Å². The number of nitrogens with two attached hydrogens (primary N) is 1. The number of hydrogen-bond donors (Lipinski definition) is 6. The first kappa shape index (κ1) is 45.9. The quantitative estimate of drug-likeness (QED) is 0.0503. The van der Waals surface area contributed by atoms with Gasteiger partial charge in [0, 0.05) is 0 Å². The lowest BCUT2D eigenvalue weighted by Crippen LogP contribution is -2.15. The summed E-state index contributed by atoms with van der Waals surface area (Å²) in [5.74, 6) is -3.23. The number of aromatic hydroxyl groups is 1. The van der Waals surface area contributed by atoms with Crippen LogP contribution in [0.1, 0.15) is 0 Å². The summed E-state index contributed by atoms with van der Waals surface area (Å²) >= 11 is 0. The van der Waals surface area contributed by atoms with Gasteiger partial charge in [0.25, 0.3) is 20.2 Å². The second-order valence-electron chi connectivity index (χ2n) is 11.1. The van der Waals surface area contributed by atoms with Crippen molar-refractivity contribution in [3.05, 3.63) is 54.6 Å². The average molecular weight is 934 g/mol. The normalized spacial score (nSPS) is 13.5. The number of anilines is 1. The van der Waals surface area contributed by atoms with Crippen LogP contribution in [0.25, 0.3) is 10.8 Å². The van der Waals surface area contributed by atoms with Crippen molar-refractivity contribution in [3.8, 4) is 11.5 Å². The topological polar surface area (TPSA) is 409 Å². The summed E-state index contributed by atoms with van der Waals surface area (Å²) in [6, 6.07) is 8.17. The molecule has 4 aromatic carbocycles. The second kappa shape index (κ2) is 16.8. The van der Waals surface area contributed by atoms with Gasteiger partial charge in [0.1, 0.15) is 32.6 Å². The van der Waals surface area contributed by atoms with Crippen LogP contribution >= 0.6 is 0 Å². The maximum Gasteiger partial charge on any atom is 0.397 e. The van der Waals surface area contributed by atoms with Gasteiger partial charge in [-0.05, 0) is 60.0 Å². The number of fused-ring (bicyclic) bond motifs is 1. The summed E-state index contributed by atoms with van der Waals surface area (Å²) in [5, 5.41) is 25.1. The molecule has 0 heterocycles. The summed E-state index contributed by atoms with van der Waals surface area (Å²) in [7, 11) is -28.0. The predicted molar refractivity (Wildman–Crippen MR) is 197 cm³/mol. The molecule has 25 nitrogen and oxygen atoms in total. The Balaban J connectivity index is 1.84. The lowest BCUT2D eigenvalue weighted by molar-refractivity contribution is 0.282. The van der Waals surface area contributed by atoms with Gasteiger partial charge in [0.2, 0.25) is 0 Å². The third-order valence-electron chi connectivity index (χ3n) is 7.27. The number of nitrogen functional groups attached to an aromatic ring is 1. The molecule has 0 amide bonds. The molecule has 316 valence electrons. The van der Waals surface area contributed by atoms with Crippen LogP contribution in [0, 0.1) is 0 Å². The molecule has 0 fully saturated rings. The van der Waals surface area contributed by atoms with Crippen molar-refractivity contribution >= 4 is 99.9 Å². The summed E-state index contributed by atoms with van der Waals surface area (Å²) in [6.45, 7) is -1.92. The number of ether oxygens (including phenoxy) is 1. The first-order chi connectivity index (χ1) is 26.5. The monoisotopic (exact) mass is 933 g/mol. The smallest absolute Gasteiger partial charge is 0.397 e. The summed E-state index contributed by atoms with van der Waals surface area (Å²) in [4.78, 5) is -3.20. The van der Waals surface area contributed by atoms with E-state index in [-0.39, 0.29) is 16.3 Å². The first-order valence-corrected chi connectivity index (χ1v) is 23.8. The fourth-order valence-corrected chi connectivity index (χ4v) is 9.03. The van der Waals surface area contributed by atoms with Crippen LogP contribution in [0.15, 0.2) is 94.6 Å². The maximum atomic E-state index is 12.8. The molecule has 0 spiro atoms. The van der Waals surface area contributed by atoms with Crippen molar-refractivity contribution in [3.63, 3.8) is 0 Å². The number of phenolic OH excluding ortho intramolecular Hbond substituents is 1. The molecule has 0 unspecified atom stereocenters. The molecule has 0 saturated carbocycles. The Labute approximate surface area is 329 Å². The fourth-order valence-electron chi connectivity index (χ4n) is 4.71. The van der Waals surface area contributed by atoms with Crippen molar-refractivity contribution < 1.29 is 86.9 Å². The Bertz CT molecular complexity index is 3030. The zero-order chi connectivity index (χ0) is 43.6. The summed E-state index contributed by atoms with van der Waals surface area (Å²) in [5.41, 5.74) is 2.86. The van der Waals surface area contributed by atoms with Crippen LogP contribution in [0.3, 0.4) is 0 Å². The van der Waals surface area contributed by atoms with Crippen molar-refractivity contribution in [2.45, 2.75) is 19.6 Å². The highest BCUT2D eigenvalue weighted by atomic mass is 32.3. The SMILES string of the molecule is COc1ccc(S(=O)(=O)CCOS(=O)(=O)O)cc1N=Nc1c(S(=O)(=O)O)cc2cc(S(=O)(=O)O)c(N=Nc3ccc(S(=O)(=O)CCOS(=O)(=O)O)cc3)c(N)c2c1O. The number of phenols is 1. The van der Waals surface area contributed by atoms with Gasteiger partial charge in [-0.15, -0.1) is 15.3 Å². The molecule has 0 aliphatic carbocycles. The molecule has 0 aliphatic heterocycles. The third-order valence-corrected chi connectivity index (χ3v) is 13.3. The van der Waals surface area contributed by atoms with Gasteiger partial charge in [-0.2, -0.15) is 38.8 Å². The van der Waals surface area contributed by atoms with E-state index in [1.807, 2.05) is 0 Å².